The summed E-state index contributed by atoms with van der Waals surface area (Å²) in [5.41, 5.74) is 0. The molecule has 0 aromatic rings. The maximum absolute atomic E-state index is 2.57. The van der Waals surface area contributed by atoms with Crippen LogP contribution in [0.25, 0.3) is 0 Å². The van der Waals surface area contributed by atoms with Crippen LogP contribution < -0.4 is 0 Å². The summed E-state index contributed by atoms with van der Waals surface area (Å²) in [7, 11) is 10.7. The molecular weight excluding hydrogens is 186 g/mol. The molecule has 0 spiro atoms. The average molecular weight is 198 g/mol. The van der Waals surface area contributed by atoms with Crippen LogP contribution in [-0.2, 0) is 0 Å². The molecule has 6 heteroatoms. The summed E-state index contributed by atoms with van der Waals surface area (Å²) in [4.78, 5) is 0. The number of hydrogen-bond donors (Lipinski definition) is 0. The topological polar surface area (TPSA) is 0 Å². The van der Waals surface area contributed by atoms with Gasteiger partial charge in [0.15, 0.2) is 0 Å². The maximum Gasteiger partial charge on any atom is -0.0833 e. The van der Waals surface area contributed by atoms with Crippen molar-refractivity contribution in [3.05, 3.63) is 0 Å². The molecule has 0 saturated carbocycles. The third-order valence-corrected chi connectivity index (χ3v) is 0. The van der Waals surface area contributed by atoms with Gasteiger partial charge in [-0.3, -0.25) is 0 Å². The van der Waals surface area contributed by atoms with E-state index < -0.39 is 0 Å². The zero-order valence-corrected chi connectivity index (χ0v) is 10.5. The first-order chi connectivity index (χ1) is 2.41. The largest absolute Gasteiger partial charge is 0.153 e. The monoisotopic (exact) mass is 198 g/mol. The Morgan fingerprint density at radius 3 is 1.00 bits per heavy atom. The lowest BCUT2D eigenvalue weighted by atomic mass is 29.6. The van der Waals surface area contributed by atoms with Crippen molar-refractivity contribution in [1.29, 1.82) is 0 Å². The van der Waals surface area contributed by atoms with E-state index in [9.17, 15) is 0 Å². The fourth-order valence-electron chi connectivity index (χ4n) is 0. The van der Waals surface area contributed by atoms with Gasteiger partial charge in [0.1, 0.15) is 0 Å². The van der Waals surface area contributed by atoms with Crippen LogP contribution >= 0.6 is 53.6 Å². The third-order valence-electron chi connectivity index (χ3n) is 0. The van der Waals surface area contributed by atoms with Crippen molar-refractivity contribution >= 4 is 53.6 Å². The molecule has 0 aliphatic heterocycles. The van der Waals surface area contributed by atoms with E-state index in [4.69, 9.17) is 0 Å². The predicted molar refractivity (Wildman–Crippen MR) is 58.3 cm³/mol. The summed E-state index contributed by atoms with van der Waals surface area (Å²) >= 11 is 0. The van der Waals surface area contributed by atoms with Gasteiger partial charge in [0.25, 0.3) is 0 Å². The lowest BCUT2D eigenvalue weighted by Gasteiger charge is -1.51. The SMILES string of the molecule is P.PP.PPP. The maximum atomic E-state index is 2.57. The molecular formula is H12P6. The second-order valence-electron chi connectivity index (χ2n) is 0.167. The van der Waals surface area contributed by atoms with Crippen LogP contribution in [0.5, 0.6) is 0 Å². The Morgan fingerprint density at radius 1 is 1.00 bits per heavy atom. The molecule has 0 aromatic carbocycles. The number of rotatable bonds is 0. The molecule has 0 fully saturated rings. The molecule has 42 valence electrons. The molecule has 0 nitrogen and oxygen atoms in total. The first kappa shape index (κ1) is 15.8. The fourth-order valence-corrected chi connectivity index (χ4v) is 0. The van der Waals surface area contributed by atoms with E-state index in [0.29, 0.717) is 0 Å². The van der Waals surface area contributed by atoms with Crippen LogP contribution in [0.4, 0.5) is 0 Å². The van der Waals surface area contributed by atoms with Gasteiger partial charge >= 0.3 is 0 Å². The summed E-state index contributed by atoms with van der Waals surface area (Å²) in [6, 6.07) is 0. The molecule has 0 aromatic heterocycles. The zero-order valence-electron chi connectivity index (χ0n) is 3.52. The third kappa shape index (κ3) is 30.8. The van der Waals surface area contributed by atoms with E-state index in [1.165, 1.54) is 0 Å². The minimum absolute atomic E-state index is 0. The summed E-state index contributed by atoms with van der Waals surface area (Å²) in [6.07, 6.45) is 0. The van der Waals surface area contributed by atoms with Crippen LogP contribution in [0.15, 0.2) is 0 Å². The highest BCUT2D eigenvalue weighted by molar-refractivity contribution is 8.33. The molecule has 6 heavy (non-hydrogen) atoms. The lowest BCUT2D eigenvalue weighted by molar-refractivity contribution is 5.51. The molecule has 5 atom stereocenters. The molecule has 0 N–H and O–H groups in total. The minimum Gasteiger partial charge on any atom is -0.153 e. The Balaban J connectivity index is -0.0000000275. The van der Waals surface area contributed by atoms with Crippen molar-refractivity contribution in [2.24, 2.45) is 0 Å². The van der Waals surface area contributed by atoms with Gasteiger partial charge in [-0.25, -0.2) is 0 Å². The van der Waals surface area contributed by atoms with Crippen molar-refractivity contribution in [3.8, 4) is 0 Å². The molecule has 0 radical (unpaired) electrons. The van der Waals surface area contributed by atoms with E-state index in [-0.39, 0.29) is 9.90 Å². The Morgan fingerprint density at radius 2 is 1.00 bits per heavy atom. The van der Waals surface area contributed by atoms with Crippen LogP contribution in [-0.4, -0.2) is 0 Å². The second-order valence-corrected chi connectivity index (χ2v) is 4.50. The standard InChI is InChI=1S/H5P3.H4P2.H3P/c1-3-2;1-2;/h3H,1-2H2;1-2H2;1H3. The van der Waals surface area contributed by atoms with Gasteiger partial charge in [-0.1, -0.05) is 7.96 Å². The van der Waals surface area contributed by atoms with Crippen molar-refractivity contribution < 1.29 is 0 Å². The normalized spacial score (nSPS) is 4.00. The summed E-state index contributed by atoms with van der Waals surface area (Å²) in [5.74, 6) is 0. The van der Waals surface area contributed by atoms with Gasteiger partial charge in [0, 0.05) is 0 Å². The van der Waals surface area contributed by atoms with E-state index in [1.54, 1.807) is 0 Å². The second kappa shape index (κ2) is 25.6. The van der Waals surface area contributed by atoms with E-state index in [2.05, 4.69) is 35.7 Å². The predicted octanol–water partition coefficient (Wildman–Crippen LogP) is 1.95. The highest BCUT2D eigenvalue weighted by Crippen LogP contribution is 2.28. The molecule has 0 amide bonds. The van der Waals surface area contributed by atoms with E-state index in [0.717, 1.165) is 7.96 Å². The number of hydrogen-bond acceptors (Lipinski definition) is 0. The smallest absolute Gasteiger partial charge is 0.0833 e. The Bertz CT molecular complexity index is 0. The van der Waals surface area contributed by atoms with Gasteiger partial charge in [-0.2, -0.15) is 9.90 Å². The summed E-state index contributed by atoms with van der Waals surface area (Å²) in [5, 5.41) is 0. The molecule has 0 aliphatic carbocycles. The van der Waals surface area contributed by atoms with Crippen LogP contribution in [0.2, 0.25) is 0 Å². The van der Waals surface area contributed by atoms with Gasteiger partial charge in [-0.05, 0) is 0 Å². The quantitative estimate of drug-likeness (QED) is 0.521. The Hall–Kier alpha value is 2.58. The first-order valence-corrected chi connectivity index (χ1v) is 8.20. The van der Waals surface area contributed by atoms with E-state index >= 15 is 0 Å². The molecule has 0 saturated heterocycles. The highest BCUT2D eigenvalue weighted by Gasteiger charge is 1.32. The van der Waals surface area contributed by atoms with Gasteiger partial charge in [-0.15, -0.1) is 35.7 Å². The molecule has 5 unspecified atom stereocenters. The molecule has 0 aliphatic rings. The van der Waals surface area contributed by atoms with Gasteiger partial charge < -0.3 is 0 Å². The van der Waals surface area contributed by atoms with Gasteiger partial charge in [0.05, 0.1) is 0 Å². The van der Waals surface area contributed by atoms with Crippen molar-refractivity contribution in [3.63, 3.8) is 0 Å². The average Bonchev–Trinajstić information content (AvgIpc) is 1.46. The van der Waals surface area contributed by atoms with Crippen molar-refractivity contribution in [2.45, 2.75) is 0 Å². The van der Waals surface area contributed by atoms with Crippen LogP contribution in [0.1, 0.15) is 0 Å². The van der Waals surface area contributed by atoms with Crippen LogP contribution in [0.3, 0.4) is 0 Å². The van der Waals surface area contributed by atoms with Crippen molar-refractivity contribution in [1.82, 2.24) is 0 Å². The van der Waals surface area contributed by atoms with Gasteiger partial charge in [0.2, 0.25) is 0 Å². The Kier molecular flexibility index (Phi) is 67.6. The lowest BCUT2D eigenvalue weighted by Crippen LogP contribution is -0.553. The summed E-state index contributed by atoms with van der Waals surface area (Å²) in [6.45, 7) is 0. The van der Waals surface area contributed by atoms with Crippen LogP contribution in [0, 0.1) is 0 Å². The van der Waals surface area contributed by atoms with Crippen molar-refractivity contribution in [2.75, 3.05) is 0 Å². The zero-order chi connectivity index (χ0) is 4.71. The molecule has 0 bridgehead atoms. The first-order valence-electron chi connectivity index (χ1n) is 0.911. The highest BCUT2D eigenvalue weighted by atomic mass is 32.4. The molecule has 0 rings (SSSR count). The van der Waals surface area contributed by atoms with E-state index in [1.807, 2.05) is 0 Å². The molecule has 0 heterocycles. The minimum atomic E-state index is 0. The fraction of sp³-hybridized carbons (Fsp3) is 0. The summed E-state index contributed by atoms with van der Waals surface area (Å²) < 4.78 is 0. The Labute approximate surface area is 54.1 Å².